The zero-order valence-corrected chi connectivity index (χ0v) is 9.82. The van der Waals surface area contributed by atoms with Gasteiger partial charge in [0.05, 0.1) is 18.4 Å². The van der Waals surface area contributed by atoms with Gasteiger partial charge in [0.15, 0.2) is 0 Å². The van der Waals surface area contributed by atoms with Crippen molar-refractivity contribution in [3.05, 3.63) is 23.5 Å². The largest absolute Gasteiger partial charge is 0.314 e. The molecular formula is C11H16N4O. The first-order valence-electron chi connectivity index (χ1n) is 5.27. The molecule has 1 amide bonds. The molecule has 5 heteroatoms. The molecule has 0 spiro atoms. The number of aromatic nitrogens is 2. The van der Waals surface area contributed by atoms with E-state index in [0.29, 0.717) is 13.1 Å². The van der Waals surface area contributed by atoms with Crippen LogP contribution in [-0.4, -0.2) is 40.7 Å². The van der Waals surface area contributed by atoms with Crippen molar-refractivity contribution in [1.82, 2.24) is 20.0 Å². The maximum atomic E-state index is 11.7. The number of rotatable bonds is 1. The maximum Gasteiger partial charge on any atom is 0.240 e. The SMILES string of the molecule is Cc1c(C2=CCNCC(=O)N2C)cnn1C. The zero-order chi connectivity index (χ0) is 11.7. The summed E-state index contributed by atoms with van der Waals surface area (Å²) >= 11 is 0. The van der Waals surface area contributed by atoms with E-state index in [0.717, 1.165) is 17.0 Å². The van der Waals surface area contributed by atoms with Crippen molar-refractivity contribution in [3.63, 3.8) is 0 Å². The third kappa shape index (κ3) is 1.74. The van der Waals surface area contributed by atoms with E-state index in [-0.39, 0.29) is 5.91 Å². The molecule has 0 bridgehead atoms. The van der Waals surface area contributed by atoms with Crippen molar-refractivity contribution in [2.45, 2.75) is 6.92 Å². The van der Waals surface area contributed by atoms with Crippen molar-refractivity contribution in [2.75, 3.05) is 20.1 Å². The van der Waals surface area contributed by atoms with E-state index in [4.69, 9.17) is 0 Å². The Balaban J connectivity index is 2.42. The molecule has 0 unspecified atom stereocenters. The molecule has 2 heterocycles. The van der Waals surface area contributed by atoms with Crippen LogP contribution < -0.4 is 5.32 Å². The van der Waals surface area contributed by atoms with Crippen LogP contribution in [0.1, 0.15) is 11.3 Å². The second kappa shape index (κ2) is 4.09. The van der Waals surface area contributed by atoms with Crippen molar-refractivity contribution >= 4 is 11.6 Å². The van der Waals surface area contributed by atoms with Crippen LogP contribution in [-0.2, 0) is 11.8 Å². The molecule has 1 aromatic rings. The van der Waals surface area contributed by atoms with Gasteiger partial charge in [-0.05, 0) is 13.0 Å². The predicted octanol–water partition coefficient (Wildman–Crippen LogP) is 0.131. The number of nitrogens with one attached hydrogen (secondary N) is 1. The molecule has 0 radical (unpaired) electrons. The molecule has 16 heavy (non-hydrogen) atoms. The van der Waals surface area contributed by atoms with Crippen molar-refractivity contribution in [3.8, 4) is 0 Å². The lowest BCUT2D eigenvalue weighted by atomic mass is 10.1. The van der Waals surface area contributed by atoms with Gasteiger partial charge in [-0.3, -0.25) is 9.48 Å². The first-order valence-corrected chi connectivity index (χ1v) is 5.27. The van der Waals surface area contributed by atoms with Crippen LogP contribution in [0.3, 0.4) is 0 Å². The van der Waals surface area contributed by atoms with E-state index in [9.17, 15) is 4.79 Å². The Kier molecular flexibility index (Phi) is 2.78. The number of hydrogen-bond acceptors (Lipinski definition) is 3. The van der Waals surface area contributed by atoms with Crippen LogP contribution in [0.5, 0.6) is 0 Å². The summed E-state index contributed by atoms with van der Waals surface area (Å²) in [5.41, 5.74) is 3.01. The van der Waals surface area contributed by atoms with Crippen LogP contribution in [0, 0.1) is 6.92 Å². The van der Waals surface area contributed by atoms with E-state index in [1.807, 2.05) is 24.7 Å². The molecule has 0 aromatic carbocycles. The molecule has 1 aromatic heterocycles. The summed E-state index contributed by atoms with van der Waals surface area (Å²) in [5.74, 6) is 0.0759. The molecule has 0 aliphatic carbocycles. The van der Waals surface area contributed by atoms with E-state index in [2.05, 4.69) is 10.4 Å². The van der Waals surface area contributed by atoms with Gasteiger partial charge < -0.3 is 10.2 Å². The molecule has 1 aliphatic rings. The van der Waals surface area contributed by atoms with Gasteiger partial charge in [-0.25, -0.2) is 0 Å². The Morgan fingerprint density at radius 2 is 2.19 bits per heavy atom. The lowest BCUT2D eigenvalue weighted by Crippen LogP contribution is -2.31. The lowest BCUT2D eigenvalue weighted by Gasteiger charge is -2.18. The summed E-state index contributed by atoms with van der Waals surface area (Å²) in [6.45, 7) is 3.09. The molecule has 1 N–H and O–H groups in total. The standard InChI is InChI=1S/C11H16N4O/c1-8-9(6-13-15(8)3)10-4-5-12-7-11(16)14(10)2/h4,6,12H,5,7H2,1-3H3. The minimum Gasteiger partial charge on any atom is -0.314 e. The Hall–Kier alpha value is -1.62. The van der Waals surface area contributed by atoms with Gasteiger partial charge in [0.25, 0.3) is 0 Å². The normalized spacial score (nSPS) is 17.3. The third-order valence-electron chi connectivity index (χ3n) is 2.96. The first kappa shape index (κ1) is 10.9. The van der Waals surface area contributed by atoms with Gasteiger partial charge in [-0.2, -0.15) is 5.10 Å². The van der Waals surface area contributed by atoms with Crippen LogP contribution in [0.15, 0.2) is 12.3 Å². The lowest BCUT2D eigenvalue weighted by molar-refractivity contribution is -0.125. The second-order valence-electron chi connectivity index (χ2n) is 3.94. The Morgan fingerprint density at radius 1 is 1.44 bits per heavy atom. The highest BCUT2D eigenvalue weighted by Gasteiger charge is 2.20. The number of likely N-dealkylation sites (N-methyl/N-ethyl adjacent to an activating group) is 1. The van der Waals surface area contributed by atoms with E-state index < -0.39 is 0 Å². The number of hydrogen-bond donors (Lipinski definition) is 1. The summed E-state index contributed by atoms with van der Waals surface area (Å²) < 4.78 is 1.81. The highest BCUT2D eigenvalue weighted by molar-refractivity contribution is 5.88. The molecule has 1 aliphatic heterocycles. The highest BCUT2D eigenvalue weighted by Crippen LogP contribution is 2.21. The van der Waals surface area contributed by atoms with Crippen LogP contribution in [0.25, 0.3) is 5.70 Å². The number of carbonyl (C=O) groups excluding carboxylic acids is 1. The van der Waals surface area contributed by atoms with E-state index in [1.165, 1.54) is 0 Å². The van der Waals surface area contributed by atoms with Gasteiger partial charge in [-0.1, -0.05) is 0 Å². The number of nitrogens with zero attached hydrogens (tertiary/aromatic N) is 3. The fourth-order valence-electron chi connectivity index (χ4n) is 1.78. The molecular weight excluding hydrogens is 204 g/mol. The molecule has 0 saturated heterocycles. The minimum absolute atomic E-state index is 0.0759. The van der Waals surface area contributed by atoms with Crippen LogP contribution in [0.4, 0.5) is 0 Å². The molecule has 0 fully saturated rings. The molecule has 5 nitrogen and oxygen atoms in total. The Bertz CT molecular complexity index is 447. The fraction of sp³-hybridized carbons (Fsp3) is 0.455. The Morgan fingerprint density at radius 3 is 2.81 bits per heavy atom. The topological polar surface area (TPSA) is 50.2 Å². The Labute approximate surface area is 94.7 Å². The smallest absolute Gasteiger partial charge is 0.240 e. The summed E-state index contributed by atoms with van der Waals surface area (Å²) in [7, 11) is 3.70. The van der Waals surface area contributed by atoms with E-state index >= 15 is 0 Å². The average molecular weight is 220 g/mol. The number of amides is 1. The zero-order valence-electron chi connectivity index (χ0n) is 9.82. The molecule has 86 valence electrons. The van der Waals surface area contributed by atoms with E-state index in [1.54, 1.807) is 18.1 Å². The number of aryl methyl sites for hydroxylation is 1. The summed E-state index contributed by atoms with van der Waals surface area (Å²) in [6.07, 6.45) is 3.82. The molecule has 0 saturated carbocycles. The highest BCUT2D eigenvalue weighted by atomic mass is 16.2. The van der Waals surface area contributed by atoms with Crippen LogP contribution in [0.2, 0.25) is 0 Å². The quantitative estimate of drug-likeness (QED) is 0.732. The second-order valence-corrected chi connectivity index (χ2v) is 3.94. The molecule has 2 rings (SSSR count). The summed E-state index contributed by atoms with van der Waals surface area (Å²) in [6, 6.07) is 0. The van der Waals surface area contributed by atoms with Gasteiger partial charge in [0.2, 0.25) is 5.91 Å². The van der Waals surface area contributed by atoms with Gasteiger partial charge in [-0.15, -0.1) is 0 Å². The van der Waals surface area contributed by atoms with Crippen molar-refractivity contribution < 1.29 is 4.79 Å². The average Bonchev–Trinajstić information content (AvgIpc) is 2.49. The first-order chi connectivity index (χ1) is 7.61. The summed E-state index contributed by atoms with van der Waals surface area (Å²) in [4.78, 5) is 13.4. The van der Waals surface area contributed by atoms with Gasteiger partial charge in [0, 0.05) is 31.9 Å². The molecule has 0 atom stereocenters. The maximum absolute atomic E-state index is 11.7. The third-order valence-corrected chi connectivity index (χ3v) is 2.96. The van der Waals surface area contributed by atoms with Gasteiger partial charge in [0.1, 0.15) is 0 Å². The van der Waals surface area contributed by atoms with Crippen molar-refractivity contribution in [2.24, 2.45) is 7.05 Å². The predicted molar refractivity (Wildman–Crippen MR) is 61.6 cm³/mol. The van der Waals surface area contributed by atoms with Crippen LogP contribution >= 0.6 is 0 Å². The minimum atomic E-state index is 0.0759. The summed E-state index contributed by atoms with van der Waals surface area (Å²) in [5, 5.41) is 7.26. The fourth-order valence-corrected chi connectivity index (χ4v) is 1.78. The monoisotopic (exact) mass is 220 g/mol. The number of carbonyl (C=O) groups is 1. The van der Waals surface area contributed by atoms with Crippen molar-refractivity contribution in [1.29, 1.82) is 0 Å². The van der Waals surface area contributed by atoms with Gasteiger partial charge >= 0.3 is 0 Å².